The van der Waals surface area contributed by atoms with Gasteiger partial charge in [-0.1, -0.05) is 6.58 Å². The smallest absolute Gasteiger partial charge is 0.234 e. The van der Waals surface area contributed by atoms with Crippen molar-refractivity contribution < 1.29 is 18.3 Å². The molecular weight excluding hydrogens is 438 g/mol. The van der Waals surface area contributed by atoms with Gasteiger partial charge in [0.1, 0.15) is 11.6 Å². The fourth-order valence-corrected chi connectivity index (χ4v) is 4.56. The zero-order valence-corrected chi connectivity index (χ0v) is 18.6. The third kappa shape index (κ3) is 3.58. The van der Waals surface area contributed by atoms with Gasteiger partial charge in [-0.3, -0.25) is 14.4 Å². The maximum atomic E-state index is 14.6. The number of benzene rings is 2. The molecule has 3 aromatic rings. The molecule has 0 spiro atoms. The van der Waals surface area contributed by atoms with E-state index in [2.05, 4.69) is 17.0 Å². The number of rotatable bonds is 5. The van der Waals surface area contributed by atoms with Gasteiger partial charge in [0.15, 0.2) is 11.6 Å². The second-order valence-electron chi connectivity index (χ2n) is 9.15. The number of hydrogen-bond acceptors (Lipinski definition) is 4. The Morgan fingerprint density at radius 3 is 2.68 bits per heavy atom. The van der Waals surface area contributed by atoms with E-state index < -0.39 is 11.6 Å². The van der Waals surface area contributed by atoms with Crippen LogP contribution in [0.4, 0.5) is 14.5 Å². The Kier molecular flexibility index (Phi) is 4.99. The molecule has 6 nitrogen and oxygen atoms in total. The molecule has 1 aromatic heterocycles. The van der Waals surface area contributed by atoms with Crippen LogP contribution in [-0.2, 0) is 11.2 Å². The van der Waals surface area contributed by atoms with Crippen molar-refractivity contribution in [2.24, 2.45) is 5.92 Å². The number of fused-ring (bicyclic) bond motifs is 1. The second-order valence-corrected chi connectivity index (χ2v) is 9.15. The molecule has 0 bridgehead atoms. The average molecular weight is 463 g/mol. The van der Waals surface area contributed by atoms with Crippen molar-refractivity contribution >= 4 is 11.6 Å². The van der Waals surface area contributed by atoms with Gasteiger partial charge in [0.05, 0.1) is 17.9 Å². The summed E-state index contributed by atoms with van der Waals surface area (Å²) in [5.41, 5.74) is 3.84. The number of nitrogens with one attached hydrogen (secondary N) is 1. The standard InChI is InChI=1S/C26H24F2N4O2/c1-15-2-6-21-23(32(15)26(33)16-3-4-16)8-7-20(17-11-30-31(14-17)19-12-29-13-19)25(21)34-24-9-5-18(27)10-22(24)28/h5,7-11,14,16,19,29H,1-4,6,12-13H2. The van der Waals surface area contributed by atoms with E-state index in [1.807, 2.05) is 23.0 Å². The van der Waals surface area contributed by atoms with Gasteiger partial charge in [0, 0.05) is 53.7 Å². The molecule has 34 heavy (non-hydrogen) atoms. The molecule has 3 heterocycles. The molecule has 2 aromatic carbocycles. The van der Waals surface area contributed by atoms with Crippen molar-refractivity contribution in [3.8, 4) is 22.6 Å². The molecule has 174 valence electrons. The van der Waals surface area contributed by atoms with Gasteiger partial charge in [0.2, 0.25) is 5.91 Å². The van der Waals surface area contributed by atoms with Crippen LogP contribution in [0.3, 0.4) is 0 Å². The molecular formula is C26H24F2N4O2. The van der Waals surface area contributed by atoms with Crippen LogP contribution in [0.15, 0.2) is 55.0 Å². The molecule has 8 heteroatoms. The van der Waals surface area contributed by atoms with Crippen molar-refractivity contribution in [2.75, 3.05) is 18.0 Å². The summed E-state index contributed by atoms with van der Waals surface area (Å²) < 4.78 is 36.2. The van der Waals surface area contributed by atoms with E-state index in [-0.39, 0.29) is 17.6 Å². The lowest BCUT2D eigenvalue weighted by Crippen LogP contribution is -2.43. The first-order chi connectivity index (χ1) is 16.5. The zero-order chi connectivity index (χ0) is 23.4. The fraction of sp³-hybridized carbons (Fsp3) is 0.308. The maximum Gasteiger partial charge on any atom is 0.234 e. The maximum absolute atomic E-state index is 14.6. The van der Waals surface area contributed by atoms with Crippen LogP contribution in [0.25, 0.3) is 11.1 Å². The molecule has 0 atom stereocenters. The minimum atomic E-state index is -0.786. The molecule has 0 radical (unpaired) electrons. The first-order valence-corrected chi connectivity index (χ1v) is 11.6. The topological polar surface area (TPSA) is 59.4 Å². The number of nitrogens with zero attached hydrogens (tertiary/aromatic N) is 3. The highest BCUT2D eigenvalue weighted by Gasteiger charge is 2.38. The van der Waals surface area contributed by atoms with E-state index in [1.165, 1.54) is 12.1 Å². The van der Waals surface area contributed by atoms with Crippen LogP contribution < -0.4 is 15.0 Å². The third-order valence-corrected chi connectivity index (χ3v) is 6.76. The molecule has 1 saturated carbocycles. The summed E-state index contributed by atoms with van der Waals surface area (Å²) in [5.74, 6) is -1.01. The highest BCUT2D eigenvalue weighted by Crippen LogP contribution is 2.47. The summed E-state index contributed by atoms with van der Waals surface area (Å²) in [6.07, 6.45) is 6.67. The molecule has 0 unspecified atom stereocenters. The lowest BCUT2D eigenvalue weighted by Gasteiger charge is -2.33. The van der Waals surface area contributed by atoms with Crippen molar-refractivity contribution in [1.29, 1.82) is 0 Å². The fourth-order valence-electron chi connectivity index (χ4n) is 4.56. The normalized spacial score (nSPS) is 17.9. The number of carbonyl (C=O) groups excluding carboxylic acids is 1. The highest BCUT2D eigenvalue weighted by molar-refractivity contribution is 6.01. The molecule has 1 amide bonds. The zero-order valence-electron chi connectivity index (χ0n) is 18.6. The predicted octanol–water partition coefficient (Wildman–Crippen LogP) is 4.97. The molecule has 2 fully saturated rings. The van der Waals surface area contributed by atoms with Crippen molar-refractivity contribution in [1.82, 2.24) is 15.1 Å². The number of aromatic nitrogens is 2. The number of ether oxygens (including phenoxy) is 1. The second kappa shape index (κ2) is 8.06. The summed E-state index contributed by atoms with van der Waals surface area (Å²) in [6.45, 7) is 5.84. The van der Waals surface area contributed by atoms with E-state index in [4.69, 9.17) is 4.74 Å². The largest absolute Gasteiger partial charge is 0.453 e. The number of allylic oxidation sites excluding steroid dienone is 1. The van der Waals surface area contributed by atoms with Crippen molar-refractivity contribution in [2.45, 2.75) is 31.7 Å². The summed E-state index contributed by atoms with van der Waals surface area (Å²) in [6, 6.07) is 7.33. The van der Waals surface area contributed by atoms with E-state index in [0.29, 0.717) is 30.3 Å². The monoisotopic (exact) mass is 462 g/mol. The highest BCUT2D eigenvalue weighted by atomic mass is 19.1. The molecule has 3 aliphatic rings. The van der Waals surface area contributed by atoms with Crippen LogP contribution in [-0.4, -0.2) is 28.8 Å². The van der Waals surface area contributed by atoms with E-state index in [1.54, 1.807) is 11.1 Å². The van der Waals surface area contributed by atoms with Crippen molar-refractivity contribution in [3.05, 3.63) is 72.2 Å². The first kappa shape index (κ1) is 21.0. The van der Waals surface area contributed by atoms with Gasteiger partial charge < -0.3 is 10.1 Å². The summed E-state index contributed by atoms with van der Waals surface area (Å²) >= 11 is 0. The first-order valence-electron chi connectivity index (χ1n) is 11.6. The van der Waals surface area contributed by atoms with Crippen molar-refractivity contribution in [3.63, 3.8) is 0 Å². The third-order valence-electron chi connectivity index (χ3n) is 6.76. The van der Waals surface area contributed by atoms with Crippen LogP contribution in [0.1, 0.15) is 30.9 Å². The Morgan fingerprint density at radius 2 is 1.97 bits per heavy atom. The minimum absolute atomic E-state index is 0.0237. The number of hydrogen-bond donors (Lipinski definition) is 1. The summed E-state index contributed by atoms with van der Waals surface area (Å²) in [4.78, 5) is 14.8. The predicted molar refractivity (Wildman–Crippen MR) is 124 cm³/mol. The molecule has 1 N–H and O–H groups in total. The minimum Gasteiger partial charge on any atom is -0.453 e. The van der Waals surface area contributed by atoms with E-state index in [0.717, 1.165) is 54.4 Å². The summed E-state index contributed by atoms with van der Waals surface area (Å²) in [5, 5.41) is 7.74. The Labute approximate surface area is 195 Å². The van der Waals surface area contributed by atoms with E-state index >= 15 is 0 Å². The Balaban J connectivity index is 1.48. The van der Waals surface area contributed by atoms with Gasteiger partial charge in [-0.15, -0.1) is 0 Å². The van der Waals surface area contributed by atoms with Gasteiger partial charge in [-0.2, -0.15) is 5.10 Å². The van der Waals surface area contributed by atoms with Gasteiger partial charge >= 0.3 is 0 Å². The number of carbonyl (C=O) groups is 1. The Bertz CT molecular complexity index is 1310. The Hall–Kier alpha value is -3.52. The van der Waals surface area contributed by atoms with Gasteiger partial charge in [-0.05, 0) is 49.9 Å². The number of halogens is 2. The molecule has 1 saturated heterocycles. The average Bonchev–Trinajstić information content (AvgIpc) is 3.53. The Morgan fingerprint density at radius 1 is 1.15 bits per heavy atom. The number of anilines is 1. The quantitative estimate of drug-likeness (QED) is 0.582. The lowest BCUT2D eigenvalue weighted by atomic mass is 9.93. The van der Waals surface area contributed by atoms with Gasteiger partial charge in [-0.25, -0.2) is 8.78 Å². The van der Waals surface area contributed by atoms with Crippen LogP contribution in [0.2, 0.25) is 0 Å². The van der Waals surface area contributed by atoms with Gasteiger partial charge in [0.25, 0.3) is 0 Å². The molecule has 1 aliphatic carbocycles. The molecule has 2 aliphatic heterocycles. The molecule has 6 rings (SSSR count). The summed E-state index contributed by atoms with van der Waals surface area (Å²) in [7, 11) is 0. The van der Waals surface area contributed by atoms with Crippen LogP contribution in [0, 0.1) is 17.6 Å². The van der Waals surface area contributed by atoms with Crippen LogP contribution in [0.5, 0.6) is 11.5 Å². The SMILES string of the molecule is C=C1CCc2c(ccc(-c3cnn(C4CNC4)c3)c2Oc2ccc(F)cc2F)N1C(=O)C1CC1. The van der Waals surface area contributed by atoms with E-state index in [9.17, 15) is 13.6 Å². The number of amides is 1. The lowest BCUT2D eigenvalue weighted by molar-refractivity contribution is -0.119. The van der Waals surface area contributed by atoms with Crippen LogP contribution >= 0.6 is 0 Å².